The standard InChI is InChI=1S/C32H48N2O4/c1-3-5-7-13-23-37-29-19-15-17-27(25-29)31(35)33-21-11-9-10-12-22-34-32(36)28-18-16-20-30(26-28)38-24-14-8-6-4-2/h15-20,25-26H,3-14,21-24H2,1-2H3,(H,33,35)(H,34,36). The third-order valence-corrected chi connectivity index (χ3v) is 6.40. The second kappa shape index (κ2) is 20.0. The van der Waals surface area contributed by atoms with Crippen LogP contribution in [0.25, 0.3) is 0 Å². The van der Waals surface area contributed by atoms with Gasteiger partial charge in [0.2, 0.25) is 0 Å². The highest BCUT2D eigenvalue weighted by atomic mass is 16.5. The molecule has 0 saturated heterocycles. The molecule has 0 atom stereocenters. The third-order valence-electron chi connectivity index (χ3n) is 6.40. The van der Waals surface area contributed by atoms with Crippen LogP contribution < -0.4 is 20.1 Å². The maximum Gasteiger partial charge on any atom is 0.251 e. The maximum atomic E-state index is 12.5. The molecule has 6 nitrogen and oxygen atoms in total. The first-order valence-electron chi connectivity index (χ1n) is 14.7. The van der Waals surface area contributed by atoms with E-state index in [1.165, 1.54) is 38.5 Å². The summed E-state index contributed by atoms with van der Waals surface area (Å²) in [6.07, 6.45) is 13.1. The average Bonchev–Trinajstić information content (AvgIpc) is 2.94. The quantitative estimate of drug-likeness (QED) is 0.168. The van der Waals surface area contributed by atoms with Gasteiger partial charge in [-0.3, -0.25) is 9.59 Å². The first-order chi connectivity index (χ1) is 18.6. The van der Waals surface area contributed by atoms with E-state index in [0.29, 0.717) is 37.4 Å². The first-order valence-corrected chi connectivity index (χ1v) is 14.7. The number of unbranched alkanes of at least 4 members (excludes halogenated alkanes) is 9. The number of rotatable bonds is 21. The van der Waals surface area contributed by atoms with E-state index >= 15 is 0 Å². The van der Waals surface area contributed by atoms with Crippen molar-refractivity contribution in [2.45, 2.75) is 90.9 Å². The van der Waals surface area contributed by atoms with Crippen molar-refractivity contribution in [1.82, 2.24) is 10.6 Å². The van der Waals surface area contributed by atoms with E-state index in [1.807, 2.05) is 48.5 Å². The van der Waals surface area contributed by atoms with Gasteiger partial charge in [0.25, 0.3) is 11.8 Å². The minimum Gasteiger partial charge on any atom is -0.494 e. The Hall–Kier alpha value is -3.02. The lowest BCUT2D eigenvalue weighted by atomic mass is 10.1. The number of hydrogen-bond donors (Lipinski definition) is 2. The monoisotopic (exact) mass is 524 g/mol. The number of carbonyl (C=O) groups is 2. The number of benzene rings is 2. The van der Waals surface area contributed by atoms with Crippen LogP contribution in [0, 0.1) is 0 Å². The Morgan fingerprint density at radius 1 is 0.579 bits per heavy atom. The Kier molecular flexibility index (Phi) is 16.4. The molecule has 0 aliphatic heterocycles. The van der Waals surface area contributed by atoms with Gasteiger partial charge in [-0.1, -0.05) is 77.3 Å². The summed E-state index contributed by atoms with van der Waals surface area (Å²) in [4.78, 5) is 24.9. The largest absolute Gasteiger partial charge is 0.494 e. The van der Waals surface area contributed by atoms with Crippen LogP contribution >= 0.6 is 0 Å². The van der Waals surface area contributed by atoms with Crippen LogP contribution in [-0.4, -0.2) is 38.1 Å². The minimum atomic E-state index is -0.0686. The molecule has 0 radical (unpaired) electrons. The Balaban J connectivity index is 1.54. The second-order valence-electron chi connectivity index (χ2n) is 9.80. The van der Waals surface area contributed by atoms with Gasteiger partial charge < -0.3 is 20.1 Å². The lowest BCUT2D eigenvalue weighted by Gasteiger charge is -2.09. The SMILES string of the molecule is CCCCCCOc1cccc(C(=O)NCCCCCCNC(=O)c2cccc(OCCCCCC)c2)c1. The molecule has 2 N–H and O–H groups in total. The molecular weight excluding hydrogens is 476 g/mol. The van der Waals surface area contributed by atoms with Gasteiger partial charge in [0.1, 0.15) is 11.5 Å². The highest BCUT2D eigenvalue weighted by Crippen LogP contribution is 2.15. The molecule has 0 aromatic heterocycles. The number of ether oxygens (including phenoxy) is 2. The van der Waals surface area contributed by atoms with Crippen molar-refractivity contribution in [3.8, 4) is 11.5 Å². The first kappa shape index (κ1) is 31.2. The second-order valence-corrected chi connectivity index (χ2v) is 9.80. The Bertz CT molecular complexity index is 856. The Morgan fingerprint density at radius 2 is 1.00 bits per heavy atom. The van der Waals surface area contributed by atoms with E-state index in [9.17, 15) is 9.59 Å². The van der Waals surface area contributed by atoms with Crippen molar-refractivity contribution >= 4 is 11.8 Å². The van der Waals surface area contributed by atoms with E-state index in [1.54, 1.807) is 0 Å². The molecular formula is C32H48N2O4. The van der Waals surface area contributed by atoms with Gasteiger partial charge in [-0.25, -0.2) is 0 Å². The van der Waals surface area contributed by atoms with E-state index in [0.717, 1.165) is 50.0 Å². The van der Waals surface area contributed by atoms with Crippen molar-refractivity contribution in [1.29, 1.82) is 0 Å². The summed E-state index contributed by atoms with van der Waals surface area (Å²) in [5, 5.41) is 5.99. The summed E-state index contributed by atoms with van der Waals surface area (Å²) < 4.78 is 11.6. The van der Waals surface area contributed by atoms with E-state index in [4.69, 9.17) is 9.47 Å². The molecule has 2 rings (SSSR count). The summed E-state index contributed by atoms with van der Waals surface area (Å²) in [5.74, 6) is 1.36. The summed E-state index contributed by atoms with van der Waals surface area (Å²) in [7, 11) is 0. The Morgan fingerprint density at radius 3 is 1.42 bits per heavy atom. The van der Waals surface area contributed by atoms with Crippen LogP contribution in [0.15, 0.2) is 48.5 Å². The summed E-state index contributed by atoms with van der Waals surface area (Å²) in [6.45, 7) is 7.03. The van der Waals surface area contributed by atoms with Crippen LogP contribution in [0.4, 0.5) is 0 Å². The molecule has 2 amide bonds. The summed E-state index contributed by atoms with van der Waals surface area (Å²) in [5.41, 5.74) is 1.26. The molecule has 0 bridgehead atoms. The van der Waals surface area contributed by atoms with Crippen LogP contribution in [-0.2, 0) is 0 Å². The van der Waals surface area contributed by atoms with Gasteiger partial charge in [-0.2, -0.15) is 0 Å². The van der Waals surface area contributed by atoms with Crippen LogP contribution in [0.1, 0.15) is 112 Å². The highest BCUT2D eigenvalue weighted by molar-refractivity contribution is 5.95. The minimum absolute atomic E-state index is 0.0686. The predicted octanol–water partition coefficient (Wildman–Crippen LogP) is 7.33. The molecule has 6 heteroatoms. The molecule has 38 heavy (non-hydrogen) atoms. The van der Waals surface area contributed by atoms with Crippen molar-refractivity contribution < 1.29 is 19.1 Å². The van der Waals surface area contributed by atoms with Crippen molar-refractivity contribution in [2.24, 2.45) is 0 Å². The zero-order chi connectivity index (χ0) is 27.3. The summed E-state index contributed by atoms with van der Waals surface area (Å²) in [6, 6.07) is 14.8. The lowest BCUT2D eigenvalue weighted by Crippen LogP contribution is -2.25. The molecule has 2 aromatic carbocycles. The van der Waals surface area contributed by atoms with Gasteiger partial charge in [-0.05, 0) is 62.1 Å². The zero-order valence-electron chi connectivity index (χ0n) is 23.6. The van der Waals surface area contributed by atoms with Gasteiger partial charge >= 0.3 is 0 Å². The topological polar surface area (TPSA) is 76.7 Å². The predicted molar refractivity (Wildman–Crippen MR) is 155 cm³/mol. The fraction of sp³-hybridized carbons (Fsp3) is 0.562. The fourth-order valence-corrected chi connectivity index (χ4v) is 4.10. The lowest BCUT2D eigenvalue weighted by molar-refractivity contribution is 0.0943. The molecule has 210 valence electrons. The van der Waals surface area contributed by atoms with Gasteiger partial charge in [-0.15, -0.1) is 0 Å². The van der Waals surface area contributed by atoms with E-state index < -0.39 is 0 Å². The third kappa shape index (κ3) is 13.5. The molecule has 0 aliphatic carbocycles. The van der Waals surface area contributed by atoms with Gasteiger partial charge in [0.15, 0.2) is 0 Å². The molecule has 0 spiro atoms. The van der Waals surface area contributed by atoms with Gasteiger partial charge in [0, 0.05) is 24.2 Å². The molecule has 2 aromatic rings. The number of carbonyl (C=O) groups excluding carboxylic acids is 2. The molecule has 0 fully saturated rings. The molecule has 0 unspecified atom stereocenters. The van der Waals surface area contributed by atoms with E-state index in [2.05, 4.69) is 24.5 Å². The molecule has 0 heterocycles. The van der Waals surface area contributed by atoms with Gasteiger partial charge in [0.05, 0.1) is 13.2 Å². The normalized spacial score (nSPS) is 10.7. The summed E-state index contributed by atoms with van der Waals surface area (Å²) >= 11 is 0. The molecule has 0 saturated carbocycles. The number of nitrogens with one attached hydrogen (secondary N) is 2. The van der Waals surface area contributed by atoms with Crippen molar-refractivity contribution in [3.63, 3.8) is 0 Å². The van der Waals surface area contributed by atoms with Crippen LogP contribution in [0.2, 0.25) is 0 Å². The van der Waals surface area contributed by atoms with Crippen LogP contribution in [0.3, 0.4) is 0 Å². The number of amides is 2. The van der Waals surface area contributed by atoms with E-state index in [-0.39, 0.29) is 11.8 Å². The highest BCUT2D eigenvalue weighted by Gasteiger charge is 2.08. The van der Waals surface area contributed by atoms with Crippen molar-refractivity contribution in [2.75, 3.05) is 26.3 Å². The number of hydrogen-bond acceptors (Lipinski definition) is 4. The Labute approximate surface area is 229 Å². The maximum absolute atomic E-state index is 12.5. The van der Waals surface area contributed by atoms with Crippen LogP contribution in [0.5, 0.6) is 11.5 Å². The zero-order valence-corrected chi connectivity index (χ0v) is 23.6. The molecule has 0 aliphatic rings. The van der Waals surface area contributed by atoms with Crippen molar-refractivity contribution in [3.05, 3.63) is 59.7 Å². The average molecular weight is 525 g/mol. The smallest absolute Gasteiger partial charge is 0.251 e. The fourth-order valence-electron chi connectivity index (χ4n) is 4.10.